The Morgan fingerprint density at radius 2 is 1.83 bits per heavy atom. The van der Waals surface area contributed by atoms with Crippen LogP contribution in [-0.4, -0.2) is 12.1 Å². The zero-order chi connectivity index (χ0) is 13.2. The molecule has 1 aliphatic carbocycles. The molecule has 2 nitrogen and oxygen atoms in total. The first-order valence-electron chi connectivity index (χ1n) is 5.81. The van der Waals surface area contributed by atoms with E-state index >= 15 is 0 Å². The number of carbonyl (C=O) groups is 1. The molecule has 5 heteroatoms. The van der Waals surface area contributed by atoms with Gasteiger partial charge in [-0.25, -0.2) is 0 Å². The van der Waals surface area contributed by atoms with Crippen molar-refractivity contribution in [3.8, 4) is 5.75 Å². The molecule has 0 aliphatic heterocycles. The lowest BCUT2D eigenvalue weighted by molar-refractivity contribution is -0.274. The van der Waals surface area contributed by atoms with E-state index in [0.717, 1.165) is 24.8 Å². The third-order valence-corrected chi connectivity index (χ3v) is 3.10. The lowest BCUT2D eigenvalue weighted by Gasteiger charge is -2.23. The maximum absolute atomic E-state index is 11.9. The number of Topliss-reactive ketones (excluding diaryl/α,β-unsaturated/α-hetero) is 1. The molecule has 1 aromatic carbocycles. The average molecular weight is 258 g/mol. The van der Waals surface area contributed by atoms with Crippen LogP contribution in [0.4, 0.5) is 13.2 Å². The van der Waals surface area contributed by atoms with E-state index in [2.05, 4.69) is 4.74 Å². The standard InChI is InChI=1S/C13H13F3O2/c14-13(15,16)18-11-6-4-9(5-7-11)8-12(17)10-2-1-3-10/h4-7,10H,1-3,8H2. The molecule has 98 valence electrons. The molecule has 0 bridgehead atoms. The molecule has 1 saturated carbocycles. The SMILES string of the molecule is O=C(Cc1ccc(OC(F)(F)F)cc1)C1CCC1. The van der Waals surface area contributed by atoms with E-state index in [1.54, 1.807) is 0 Å². The lowest BCUT2D eigenvalue weighted by atomic mass is 9.80. The minimum absolute atomic E-state index is 0.149. The zero-order valence-electron chi connectivity index (χ0n) is 9.67. The molecule has 0 radical (unpaired) electrons. The first-order valence-corrected chi connectivity index (χ1v) is 5.81. The van der Waals surface area contributed by atoms with Gasteiger partial charge in [-0.2, -0.15) is 0 Å². The normalized spacial score (nSPS) is 16.2. The predicted molar refractivity (Wildman–Crippen MR) is 59.2 cm³/mol. The summed E-state index contributed by atoms with van der Waals surface area (Å²) in [5.74, 6) is 0.0594. The maximum Gasteiger partial charge on any atom is 0.573 e. The van der Waals surface area contributed by atoms with Crippen molar-refractivity contribution in [2.24, 2.45) is 5.92 Å². The van der Waals surface area contributed by atoms with Gasteiger partial charge in [-0.1, -0.05) is 18.6 Å². The third kappa shape index (κ3) is 3.48. The van der Waals surface area contributed by atoms with Crippen LogP contribution in [-0.2, 0) is 11.2 Å². The van der Waals surface area contributed by atoms with Gasteiger partial charge in [-0.3, -0.25) is 4.79 Å². The molecule has 0 spiro atoms. The Morgan fingerprint density at radius 1 is 1.22 bits per heavy atom. The molecule has 0 heterocycles. The van der Waals surface area contributed by atoms with Gasteiger partial charge in [0.05, 0.1) is 0 Å². The first kappa shape index (κ1) is 12.9. The van der Waals surface area contributed by atoms with E-state index in [-0.39, 0.29) is 23.9 Å². The Balaban J connectivity index is 1.92. The number of halogens is 3. The van der Waals surface area contributed by atoms with E-state index < -0.39 is 6.36 Å². The van der Waals surface area contributed by atoms with Gasteiger partial charge in [0.25, 0.3) is 0 Å². The van der Waals surface area contributed by atoms with Gasteiger partial charge in [0.1, 0.15) is 11.5 Å². The number of ether oxygens (including phenoxy) is 1. The molecule has 1 aliphatic rings. The molecule has 1 aromatic rings. The van der Waals surface area contributed by atoms with Gasteiger partial charge in [-0.05, 0) is 30.5 Å². The quantitative estimate of drug-likeness (QED) is 0.826. The van der Waals surface area contributed by atoms with Crippen LogP contribution in [0.25, 0.3) is 0 Å². The van der Waals surface area contributed by atoms with Gasteiger partial charge in [0.2, 0.25) is 0 Å². The average Bonchev–Trinajstić information content (AvgIpc) is 2.16. The van der Waals surface area contributed by atoms with Crippen LogP contribution < -0.4 is 4.74 Å². The maximum atomic E-state index is 11.9. The van der Waals surface area contributed by atoms with Crippen LogP contribution in [0.2, 0.25) is 0 Å². The summed E-state index contributed by atoms with van der Waals surface area (Å²) in [6.45, 7) is 0. The molecular formula is C13H13F3O2. The fraction of sp³-hybridized carbons (Fsp3) is 0.462. The number of benzene rings is 1. The molecule has 0 N–H and O–H groups in total. The molecule has 18 heavy (non-hydrogen) atoms. The van der Waals surface area contributed by atoms with Crippen LogP contribution in [0.15, 0.2) is 24.3 Å². The highest BCUT2D eigenvalue weighted by Gasteiger charge is 2.31. The number of hydrogen-bond acceptors (Lipinski definition) is 2. The minimum Gasteiger partial charge on any atom is -0.406 e. The fourth-order valence-electron chi connectivity index (χ4n) is 1.88. The van der Waals surface area contributed by atoms with Gasteiger partial charge in [0, 0.05) is 12.3 Å². The molecule has 2 rings (SSSR count). The second kappa shape index (κ2) is 5.00. The van der Waals surface area contributed by atoms with Crippen LogP contribution in [0.1, 0.15) is 24.8 Å². The van der Waals surface area contributed by atoms with Crippen LogP contribution in [0.3, 0.4) is 0 Å². The van der Waals surface area contributed by atoms with E-state index in [4.69, 9.17) is 0 Å². The van der Waals surface area contributed by atoms with Gasteiger partial charge in [-0.15, -0.1) is 13.2 Å². The van der Waals surface area contributed by atoms with Crippen molar-refractivity contribution in [3.05, 3.63) is 29.8 Å². The summed E-state index contributed by atoms with van der Waals surface area (Å²) in [5.41, 5.74) is 0.724. The Hall–Kier alpha value is -1.52. The Kier molecular flexibility index (Phi) is 3.59. The number of ketones is 1. The summed E-state index contributed by atoms with van der Waals surface area (Å²) in [6, 6.07) is 5.46. The summed E-state index contributed by atoms with van der Waals surface area (Å²) in [7, 11) is 0. The third-order valence-electron chi connectivity index (χ3n) is 3.10. The van der Waals surface area contributed by atoms with E-state index in [1.165, 1.54) is 24.3 Å². The number of carbonyl (C=O) groups excluding carboxylic acids is 1. The first-order chi connectivity index (χ1) is 8.44. The molecular weight excluding hydrogens is 245 g/mol. The summed E-state index contributed by atoms with van der Waals surface area (Å²) < 4.78 is 39.6. The lowest BCUT2D eigenvalue weighted by Crippen LogP contribution is -2.23. The second-order valence-corrected chi connectivity index (χ2v) is 4.46. The van der Waals surface area contributed by atoms with Crippen LogP contribution in [0.5, 0.6) is 5.75 Å². The van der Waals surface area contributed by atoms with Gasteiger partial charge in [0.15, 0.2) is 0 Å². The van der Waals surface area contributed by atoms with E-state index in [1.807, 2.05) is 0 Å². The Bertz CT molecular complexity index is 419. The monoisotopic (exact) mass is 258 g/mol. The second-order valence-electron chi connectivity index (χ2n) is 4.46. The highest BCUT2D eigenvalue weighted by atomic mass is 19.4. The summed E-state index contributed by atoms with van der Waals surface area (Å²) >= 11 is 0. The van der Waals surface area contributed by atoms with Crippen molar-refractivity contribution in [1.29, 1.82) is 0 Å². The topological polar surface area (TPSA) is 26.3 Å². The van der Waals surface area contributed by atoms with E-state index in [0.29, 0.717) is 0 Å². The van der Waals surface area contributed by atoms with Crippen molar-refractivity contribution >= 4 is 5.78 Å². The molecule has 1 fully saturated rings. The van der Waals surface area contributed by atoms with E-state index in [9.17, 15) is 18.0 Å². The van der Waals surface area contributed by atoms with Gasteiger partial charge < -0.3 is 4.74 Å². The minimum atomic E-state index is -4.68. The highest BCUT2D eigenvalue weighted by Crippen LogP contribution is 2.28. The molecule has 0 atom stereocenters. The Labute approximate surface area is 103 Å². The van der Waals surface area contributed by atoms with Crippen LogP contribution >= 0.6 is 0 Å². The number of hydrogen-bond donors (Lipinski definition) is 0. The van der Waals surface area contributed by atoms with Crippen molar-refractivity contribution < 1.29 is 22.7 Å². The molecule has 0 unspecified atom stereocenters. The Morgan fingerprint density at radius 3 is 2.28 bits per heavy atom. The van der Waals surface area contributed by atoms with Crippen LogP contribution in [0, 0.1) is 5.92 Å². The molecule has 0 aromatic heterocycles. The molecule has 0 amide bonds. The zero-order valence-corrected chi connectivity index (χ0v) is 9.67. The van der Waals surface area contributed by atoms with Crippen molar-refractivity contribution in [2.75, 3.05) is 0 Å². The summed E-state index contributed by atoms with van der Waals surface area (Å²) in [6.07, 6.45) is -1.42. The summed E-state index contributed by atoms with van der Waals surface area (Å²) in [4.78, 5) is 11.7. The van der Waals surface area contributed by atoms with Crippen molar-refractivity contribution in [1.82, 2.24) is 0 Å². The highest BCUT2D eigenvalue weighted by molar-refractivity contribution is 5.83. The smallest absolute Gasteiger partial charge is 0.406 e. The van der Waals surface area contributed by atoms with Gasteiger partial charge >= 0.3 is 6.36 Å². The van der Waals surface area contributed by atoms with Crippen molar-refractivity contribution in [3.63, 3.8) is 0 Å². The summed E-state index contributed by atoms with van der Waals surface area (Å²) in [5, 5.41) is 0. The number of alkyl halides is 3. The predicted octanol–water partition coefficient (Wildman–Crippen LogP) is 3.50. The molecule has 0 saturated heterocycles. The fourth-order valence-corrected chi connectivity index (χ4v) is 1.88. The van der Waals surface area contributed by atoms with Crippen molar-refractivity contribution in [2.45, 2.75) is 32.0 Å². The number of rotatable bonds is 4. The largest absolute Gasteiger partial charge is 0.573 e.